The molecule has 1 aliphatic rings. The second kappa shape index (κ2) is 9.23. The number of nitrogens with zero attached hydrogens (tertiary/aromatic N) is 3. The predicted molar refractivity (Wildman–Crippen MR) is 117 cm³/mol. The molecule has 0 aliphatic heterocycles. The van der Waals surface area contributed by atoms with Crippen LogP contribution in [-0.4, -0.2) is 47.3 Å². The standard InChI is InChI=1S/C22H31BrN4O/c1-15-21(23)16(2)27(25-15)13-17-9-11-18(12-10-17)22(28)24-20-8-6-5-7-19(20)14-26(3)4/h9-12,19-20H,5-8,13-14H2,1-4H3,(H,24,28). The van der Waals surface area contributed by atoms with Crippen LogP contribution in [0.2, 0.25) is 0 Å². The molecule has 0 bridgehead atoms. The fraction of sp³-hybridized carbons (Fsp3) is 0.545. The number of carbonyl (C=O) groups excluding carboxylic acids is 1. The summed E-state index contributed by atoms with van der Waals surface area (Å²) in [5, 5.41) is 7.85. The molecule has 6 heteroatoms. The topological polar surface area (TPSA) is 50.2 Å². The van der Waals surface area contributed by atoms with Crippen molar-refractivity contribution in [3.05, 3.63) is 51.3 Å². The van der Waals surface area contributed by atoms with Gasteiger partial charge in [-0.25, -0.2) is 0 Å². The number of hydrogen-bond acceptors (Lipinski definition) is 3. The van der Waals surface area contributed by atoms with Gasteiger partial charge in [0.05, 0.1) is 22.4 Å². The number of hydrogen-bond donors (Lipinski definition) is 1. The molecule has 2 unspecified atom stereocenters. The molecule has 1 aliphatic carbocycles. The Morgan fingerprint density at radius 3 is 2.50 bits per heavy atom. The maximum Gasteiger partial charge on any atom is 0.251 e. The van der Waals surface area contributed by atoms with Gasteiger partial charge >= 0.3 is 0 Å². The summed E-state index contributed by atoms with van der Waals surface area (Å²) < 4.78 is 3.05. The fourth-order valence-electron chi connectivity index (χ4n) is 4.10. The van der Waals surface area contributed by atoms with Crippen LogP contribution in [0.5, 0.6) is 0 Å². The monoisotopic (exact) mass is 446 g/mol. The highest BCUT2D eigenvalue weighted by molar-refractivity contribution is 9.10. The number of amides is 1. The zero-order valence-corrected chi connectivity index (χ0v) is 18.9. The molecule has 1 saturated carbocycles. The van der Waals surface area contributed by atoms with Gasteiger partial charge in [-0.05, 0) is 80.3 Å². The average Bonchev–Trinajstić information content (AvgIpc) is 2.90. The summed E-state index contributed by atoms with van der Waals surface area (Å²) in [6, 6.07) is 8.18. The van der Waals surface area contributed by atoms with Crippen molar-refractivity contribution in [1.82, 2.24) is 20.0 Å². The molecule has 2 atom stereocenters. The zero-order valence-electron chi connectivity index (χ0n) is 17.3. The van der Waals surface area contributed by atoms with Gasteiger partial charge in [0.15, 0.2) is 0 Å². The highest BCUT2D eigenvalue weighted by Gasteiger charge is 2.27. The molecule has 0 radical (unpaired) electrons. The molecule has 3 rings (SSSR count). The summed E-state index contributed by atoms with van der Waals surface area (Å²) in [6.45, 7) is 5.78. The molecule has 152 valence electrons. The lowest BCUT2D eigenvalue weighted by Gasteiger charge is -2.34. The molecule has 1 aromatic carbocycles. The largest absolute Gasteiger partial charge is 0.349 e. The molecule has 0 spiro atoms. The van der Waals surface area contributed by atoms with E-state index in [1.165, 1.54) is 19.3 Å². The van der Waals surface area contributed by atoms with Crippen LogP contribution >= 0.6 is 15.9 Å². The molecule has 1 aromatic heterocycles. The van der Waals surface area contributed by atoms with Crippen molar-refractivity contribution in [2.24, 2.45) is 5.92 Å². The Morgan fingerprint density at radius 2 is 1.89 bits per heavy atom. The summed E-state index contributed by atoms with van der Waals surface area (Å²) in [5.41, 5.74) is 3.97. The molecular weight excluding hydrogens is 416 g/mol. The first kappa shape index (κ1) is 21.1. The van der Waals surface area contributed by atoms with Crippen molar-refractivity contribution in [3.63, 3.8) is 0 Å². The van der Waals surface area contributed by atoms with E-state index in [1.54, 1.807) is 0 Å². The molecule has 1 N–H and O–H groups in total. The van der Waals surface area contributed by atoms with Gasteiger partial charge in [0.25, 0.3) is 5.91 Å². The average molecular weight is 447 g/mol. The maximum atomic E-state index is 12.8. The third-order valence-corrected chi connectivity index (χ3v) is 6.81. The second-order valence-corrected chi connectivity index (χ2v) is 9.02. The first-order chi connectivity index (χ1) is 13.3. The first-order valence-corrected chi connectivity index (χ1v) is 10.9. The summed E-state index contributed by atoms with van der Waals surface area (Å²) in [6.07, 6.45) is 4.74. The number of rotatable bonds is 6. The Morgan fingerprint density at radius 1 is 1.21 bits per heavy atom. The number of halogens is 1. The number of benzene rings is 1. The van der Waals surface area contributed by atoms with Crippen LogP contribution in [0.3, 0.4) is 0 Å². The minimum absolute atomic E-state index is 0.0380. The highest BCUT2D eigenvalue weighted by Crippen LogP contribution is 2.25. The molecule has 1 fully saturated rings. The van der Waals surface area contributed by atoms with Gasteiger partial charge in [-0.15, -0.1) is 0 Å². The second-order valence-electron chi connectivity index (χ2n) is 8.23. The van der Waals surface area contributed by atoms with Gasteiger partial charge in [0, 0.05) is 18.2 Å². The molecular formula is C22H31BrN4O. The van der Waals surface area contributed by atoms with Crippen LogP contribution in [0.4, 0.5) is 0 Å². The van der Waals surface area contributed by atoms with Crippen LogP contribution in [0.1, 0.15) is 53.0 Å². The maximum absolute atomic E-state index is 12.8. The van der Waals surface area contributed by atoms with Crippen LogP contribution in [-0.2, 0) is 6.54 Å². The van der Waals surface area contributed by atoms with Crippen LogP contribution < -0.4 is 5.32 Å². The highest BCUT2D eigenvalue weighted by atomic mass is 79.9. The predicted octanol–water partition coefficient (Wildman–Crippen LogP) is 4.16. The fourth-order valence-corrected chi connectivity index (χ4v) is 4.38. The number of nitrogens with one attached hydrogen (secondary N) is 1. The zero-order chi connectivity index (χ0) is 20.3. The SMILES string of the molecule is Cc1nn(Cc2ccc(C(=O)NC3CCCCC3CN(C)C)cc2)c(C)c1Br. The van der Waals surface area contributed by atoms with Crippen LogP contribution in [0.15, 0.2) is 28.7 Å². The summed E-state index contributed by atoms with van der Waals surface area (Å²) >= 11 is 3.57. The number of aryl methyl sites for hydroxylation is 1. The Kier molecular flexibility index (Phi) is 6.94. The lowest BCUT2D eigenvalue weighted by molar-refractivity contribution is 0.0895. The lowest BCUT2D eigenvalue weighted by Crippen LogP contribution is -2.45. The van der Waals surface area contributed by atoms with Crippen molar-refractivity contribution < 1.29 is 4.79 Å². The van der Waals surface area contributed by atoms with E-state index in [1.807, 2.05) is 35.9 Å². The molecule has 5 nitrogen and oxygen atoms in total. The van der Waals surface area contributed by atoms with E-state index in [4.69, 9.17) is 0 Å². The summed E-state index contributed by atoms with van der Waals surface area (Å²) in [4.78, 5) is 15.0. The van der Waals surface area contributed by atoms with Gasteiger partial charge < -0.3 is 10.2 Å². The summed E-state index contributed by atoms with van der Waals surface area (Å²) in [5.74, 6) is 0.576. The van der Waals surface area contributed by atoms with E-state index < -0.39 is 0 Å². The first-order valence-electron chi connectivity index (χ1n) is 10.1. The Hall–Kier alpha value is -1.66. The summed E-state index contributed by atoms with van der Waals surface area (Å²) in [7, 11) is 4.21. The smallest absolute Gasteiger partial charge is 0.251 e. The Labute approximate surface area is 176 Å². The van der Waals surface area contributed by atoms with Crippen molar-refractivity contribution in [2.45, 2.75) is 52.1 Å². The van der Waals surface area contributed by atoms with Crippen molar-refractivity contribution in [1.29, 1.82) is 0 Å². The van der Waals surface area contributed by atoms with E-state index in [2.05, 4.69) is 52.3 Å². The van der Waals surface area contributed by atoms with E-state index in [9.17, 15) is 4.79 Å². The molecule has 0 saturated heterocycles. The van der Waals surface area contributed by atoms with Crippen molar-refractivity contribution >= 4 is 21.8 Å². The van der Waals surface area contributed by atoms with Crippen LogP contribution in [0.25, 0.3) is 0 Å². The molecule has 28 heavy (non-hydrogen) atoms. The van der Waals surface area contributed by atoms with Gasteiger partial charge in [0.2, 0.25) is 0 Å². The van der Waals surface area contributed by atoms with E-state index in [-0.39, 0.29) is 11.9 Å². The van der Waals surface area contributed by atoms with E-state index in [0.717, 1.165) is 40.0 Å². The van der Waals surface area contributed by atoms with Crippen molar-refractivity contribution in [2.75, 3.05) is 20.6 Å². The van der Waals surface area contributed by atoms with E-state index in [0.29, 0.717) is 12.5 Å². The van der Waals surface area contributed by atoms with Crippen LogP contribution in [0, 0.1) is 19.8 Å². The minimum Gasteiger partial charge on any atom is -0.349 e. The van der Waals surface area contributed by atoms with Gasteiger partial charge in [-0.1, -0.05) is 25.0 Å². The van der Waals surface area contributed by atoms with Gasteiger partial charge in [0.1, 0.15) is 0 Å². The number of aromatic nitrogens is 2. The van der Waals surface area contributed by atoms with Crippen molar-refractivity contribution in [3.8, 4) is 0 Å². The Balaban J connectivity index is 1.63. The molecule has 1 amide bonds. The van der Waals surface area contributed by atoms with E-state index >= 15 is 0 Å². The lowest BCUT2D eigenvalue weighted by atomic mass is 9.84. The molecule has 2 aromatic rings. The van der Waals surface area contributed by atoms with Gasteiger partial charge in [-0.2, -0.15) is 5.10 Å². The number of carbonyl (C=O) groups is 1. The van der Waals surface area contributed by atoms with Gasteiger partial charge in [-0.3, -0.25) is 9.48 Å². The minimum atomic E-state index is 0.0380. The molecule has 1 heterocycles. The normalized spacial score (nSPS) is 19.8. The Bertz CT molecular complexity index is 813. The third-order valence-electron chi connectivity index (χ3n) is 5.67. The third kappa shape index (κ3) is 5.03. The quantitative estimate of drug-likeness (QED) is 0.724.